The number of nitrogens with one attached hydrogen (secondary N) is 1. The number of hydrogen-bond acceptors (Lipinski definition) is 5. The van der Waals surface area contributed by atoms with Gasteiger partial charge in [-0.2, -0.15) is 0 Å². The standard InChI is InChI=1S/C21H16N4S2/c1-13(20-23-8-9-26-20)14-4-2-5-15(10-14)18-12-27-21(25-18)17-11-24-19-16(17)6-3-7-22-19/h2-13H,1H3,(H,22,24)/t13-/m0/s1. The highest BCUT2D eigenvalue weighted by molar-refractivity contribution is 7.13. The minimum absolute atomic E-state index is 0.280. The first kappa shape index (κ1) is 16.4. The summed E-state index contributed by atoms with van der Waals surface area (Å²) in [7, 11) is 0. The molecule has 5 aromatic rings. The molecule has 1 aromatic carbocycles. The number of fused-ring (bicyclic) bond motifs is 1. The van der Waals surface area contributed by atoms with E-state index in [2.05, 4.69) is 57.6 Å². The molecule has 0 unspecified atom stereocenters. The van der Waals surface area contributed by atoms with Crippen molar-refractivity contribution in [1.29, 1.82) is 0 Å². The molecule has 0 radical (unpaired) electrons. The van der Waals surface area contributed by atoms with Gasteiger partial charge in [-0.1, -0.05) is 25.1 Å². The summed E-state index contributed by atoms with van der Waals surface area (Å²) in [5.41, 5.74) is 5.39. The summed E-state index contributed by atoms with van der Waals surface area (Å²) in [6, 6.07) is 12.6. The second kappa shape index (κ2) is 6.72. The van der Waals surface area contributed by atoms with Crippen LogP contribution in [0.15, 0.2) is 65.7 Å². The maximum Gasteiger partial charge on any atom is 0.137 e. The lowest BCUT2D eigenvalue weighted by atomic mass is 9.99. The molecule has 0 saturated carbocycles. The molecule has 1 N–H and O–H groups in total. The Labute approximate surface area is 164 Å². The monoisotopic (exact) mass is 388 g/mol. The molecule has 0 fully saturated rings. The van der Waals surface area contributed by atoms with Gasteiger partial charge < -0.3 is 4.98 Å². The van der Waals surface area contributed by atoms with Crippen molar-refractivity contribution in [2.45, 2.75) is 12.8 Å². The van der Waals surface area contributed by atoms with Gasteiger partial charge in [0, 0.05) is 51.8 Å². The first-order chi connectivity index (χ1) is 13.3. The lowest BCUT2D eigenvalue weighted by molar-refractivity contribution is 0.905. The van der Waals surface area contributed by atoms with Crippen LogP contribution in [0.4, 0.5) is 0 Å². The van der Waals surface area contributed by atoms with E-state index in [0.29, 0.717) is 0 Å². The first-order valence-electron chi connectivity index (χ1n) is 8.67. The lowest BCUT2D eigenvalue weighted by Gasteiger charge is -2.10. The van der Waals surface area contributed by atoms with Crippen molar-refractivity contribution in [3.05, 3.63) is 76.3 Å². The minimum Gasteiger partial charge on any atom is -0.345 e. The number of benzene rings is 1. The maximum atomic E-state index is 4.89. The van der Waals surface area contributed by atoms with Crippen molar-refractivity contribution in [3.8, 4) is 21.8 Å². The molecule has 0 aliphatic carbocycles. The van der Waals surface area contributed by atoms with Crippen molar-refractivity contribution in [3.63, 3.8) is 0 Å². The van der Waals surface area contributed by atoms with Gasteiger partial charge >= 0.3 is 0 Å². The van der Waals surface area contributed by atoms with E-state index in [0.717, 1.165) is 37.9 Å². The Morgan fingerprint density at radius 3 is 2.89 bits per heavy atom. The van der Waals surface area contributed by atoms with Gasteiger partial charge in [-0.05, 0) is 23.8 Å². The van der Waals surface area contributed by atoms with Crippen LogP contribution in [0.1, 0.15) is 23.4 Å². The molecule has 0 bridgehead atoms. The fourth-order valence-corrected chi connectivity index (χ4v) is 4.80. The third kappa shape index (κ3) is 2.97. The number of hydrogen-bond donors (Lipinski definition) is 1. The normalized spacial score (nSPS) is 12.5. The maximum absolute atomic E-state index is 4.89. The number of nitrogens with zero attached hydrogens (tertiary/aromatic N) is 3. The van der Waals surface area contributed by atoms with E-state index >= 15 is 0 Å². The zero-order chi connectivity index (χ0) is 18.2. The van der Waals surface area contributed by atoms with Crippen molar-refractivity contribution in [2.75, 3.05) is 0 Å². The zero-order valence-electron chi connectivity index (χ0n) is 14.6. The highest BCUT2D eigenvalue weighted by Crippen LogP contribution is 2.34. The summed E-state index contributed by atoms with van der Waals surface area (Å²) >= 11 is 3.36. The van der Waals surface area contributed by atoms with E-state index < -0.39 is 0 Å². The number of rotatable bonds is 4. The number of thiazole rings is 2. The molecule has 27 heavy (non-hydrogen) atoms. The Morgan fingerprint density at radius 1 is 1.04 bits per heavy atom. The van der Waals surface area contributed by atoms with Crippen LogP contribution in [0.2, 0.25) is 0 Å². The van der Waals surface area contributed by atoms with E-state index in [9.17, 15) is 0 Å². The van der Waals surface area contributed by atoms with E-state index in [-0.39, 0.29) is 5.92 Å². The quantitative estimate of drug-likeness (QED) is 0.413. The molecule has 0 spiro atoms. The molecule has 4 aromatic heterocycles. The first-order valence-corrected chi connectivity index (χ1v) is 10.4. The fraction of sp³-hybridized carbons (Fsp3) is 0.0952. The highest BCUT2D eigenvalue weighted by atomic mass is 32.1. The van der Waals surface area contributed by atoms with E-state index in [1.807, 2.05) is 23.8 Å². The average molecular weight is 389 g/mol. The molecule has 0 aliphatic rings. The predicted molar refractivity (Wildman–Crippen MR) is 112 cm³/mol. The molecular weight excluding hydrogens is 372 g/mol. The van der Waals surface area contributed by atoms with Gasteiger partial charge in [-0.25, -0.2) is 15.0 Å². The number of H-pyrrole nitrogens is 1. The molecule has 6 heteroatoms. The van der Waals surface area contributed by atoms with E-state index in [4.69, 9.17) is 4.98 Å². The summed E-state index contributed by atoms with van der Waals surface area (Å²) < 4.78 is 0. The molecule has 4 heterocycles. The highest BCUT2D eigenvalue weighted by Gasteiger charge is 2.14. The summed E-state index contributed by atoms with van der Waals surface area (Å²) in [4.78, 5) is 16.9. The molecule has 1 atom stereocenters. The summed E-state index contributed by atoms with van der Waals surface area (Å²) in [5, 5.41) is 7.39. The zero-order valence-corrected chi connectivity index (χ0v) is 16.2. The molecule has 132 valence electrons. The van der Waals surface area contributed by atoms with Gasteiger partial charge in [0.05, 0.1) is 10.7 Å². The van der Waals surface area contributed by atoms with Crippen molar-refractivity contribution >= 4 is 33.7 Å². The predicted octanol–water partition coefficient (Wildman–Crippen LogP) is 5.96. The van der Waals surface area contributed by atoms with Gasteiger partial charge in [0.2, 0.25) is 0 Å². The third-order valence-electron chi connectivity index (χ3n) is 4.69. The van der Waals surface area contributed by atoms with Crippen molar-refractivity contribution < 1.29 is 0 Å². The lowest BCUT2D eigenvalue weighted by Crippen LogP contribution is -1.95. The Hall–Kier alpha value is -2.83. The average Bonchev–Trinajstić information content (AvgIpc) is 3.47. The number of aromatic amines is 1. The topological polar surface area (TPSA) is 54.5 Å². The molecule has 0 amide bonds. The van der Waals surface area contributed by atoms with Gasteiger partial charge in [0.25, 0.3) is 0 Å². The van der Waals surface area contributed by atoms with Crippen LogP contribution in [0.3, 0.4) is 0 Å². The Bertz CT molecular complexity index is 1200. The summed E-state index contributed by atoms with van der Waals surface area (Å²) in [5.74, 6) is 0.280. The summed E-state index contributed by atoms with van der Waals surface area (Å²) in [6.07, 6.45) is 5.65. The van der Waals surface area contributed by atoms with Crippen molar-refractivity contribution in [1.82, 2.24) is 19.9 Å². The van der Waals surface area contributed by atoms with Gasteiger partial charge in [0.1, 0.15) is 10.7 Å². The van der Waals surface area contributed by atoms with Gasteiger partial charge in [-0.3, -0.25) is 0 Å². The van der Waals surface area contributed by atoms with Crippen LogP contribution in [0.5, 0.6) is 0 Å². The summed E-state index contributed by atoms with van der Waals surface area (Å²) in [6.45, 7) is 2.20. The van der Waals surface area contributed by atoms with Crippen molar-refractivity contribution in [2.24, 2.45) is 0 Å². The van der Waals surface area contributed by atoms with Crippen LogP contribution in [0.25, 0.3) is 32.9 Å². The minimum atomic E-state index is 0.280. The van der Waals surface area contributed by atoms with Crippen LogP contribution < -0.4 is 0 Å². The second-order valence-corrected chi connectivity index (χ2v) is 8.14. The molecule has 5 rings (SSSR count). The Balaban J connectivity index is 1.51. The smallest absolute Gasteiger partial charge is 0.137 e. The van der Waals surface area contributed by atoms with Gasteiger partial charge in [0.15, 0.2) is 0 Å². The van der Waals surface area contributed by atoms with Gasteiger partial charge in [-0.15, -0.1) is 22.7 Å². The molecule has 0 saturated heterocycles. The number of pyridine rings is 1. The largest absolute Gasteiger partial charge is 0.345 e. The van der Waals surface area contributed by atoms with Crippen LogP contribution in [-0.4, -0.2) is 19.9 Å². The second-order valence-electron chi connectivity index (χ2n) is 6.36. The van der Waals surface area contributed by atoms with Crippen LogP contribution in [-0.2, 0) is 0 Å². The molecule has 0 aliphatic heterocycles. The molecular formula is C21H16N4S2. The Morgan fingerprint density at radius 2 is 2.00 bits per heavy atom. The SMILES string of the molecule is C[C@@H](c1cccc(-c2csc(-c3c[nH]c4ncccc34)n2)c1)c1nccs1. The Kier molecular flexibility index (Phi) is 4.07. The van der Waals surface area contributed by atoms with E-state index in [1.165, 1.54) is 5.56 Å². The molecule has 4 nitrogen and oxygen atoms in total. The van der Waals surface area contributed by atoms with Crippen LogP contribution in [0, 0.1) is 0 Å². The fourth-order valence-electron chi connectivity index (χ4n) is 3.22. The van der Waals surface area contributed by atoms with Crippen LogP contribution >= 0.6 is 22.7 Å². The number of aromatic nitrogens is 4. The van der Waals surface area contributed by atoms with E-state index in [1.54, 1.807) is 28.9 Å². The third-order valence-corrected chi connectivity index (χ3v) is 6.52.